The number of pyridine rings is 4. The molecule has 0 amide bonds. The van der Waals surface area contributed by atoms with Gasteiger partial charge in [-0.2, -0.15) is 0 Å². The number of aryl methyl sites for hydroxylation is 2. The van der Waals surface area contributed by atoms with Crippen molar-refractivity contribution in [2.24, 2.45) is 0 Å². The van der Waals surface area contributed by atoms with Crippen molar-refractivity contribution in [3.63, 3.8) is 0 Å². The van der Waals surface area contributed by atoms with E-state index in [-0.39, 0.29) is 61.6 Å². The van der Waals surface area contributed by atoms with Gasteiger partial charge in [0.25, 0.3) is 0 Å². The van der Waals surface area contributed by atoms with Gasteiger partial charge in [0, 0.05) is 91.5 Å². The molecular weight excluding hydrogens is 549 g/mol. The van der Waals surface area contributed by atoms with Crippen molar-refractivity contribution in [3.8, 4) is 0 Å². The van der Waals surface area contributed by atoms with Crippen LogP contribution in [0.1, 0.15) is 11.1 Å². The molecular formula is C26H16Cl4KN4. The molecule has 169 valence electrons. The van der Waals surface area contributed by atoms with Crippen molar-refractivity contribution in [2.45, 2.75) is 13.8 Å². The third kappa shape index (κ3) is 4.91. The molecule has 1 radical (unpaired) electrons. The zero-order valence-electron chi connectivity index (χ0n) is 19.1. The van der Waals surface area contributed by atoms with E-state index in [2.05, 4.69) is 45.1 Å². The molecule has 0 saturated carbocycles. The maximum atomic E-state index is 6.37. The summed E-state index contributed by atoms with van der Waals surface area (Å²) in [7, 11) is 0. The van der Waals surface area contributed by atoms with Crippen LogP contribution >= 0.6 is 46.4 Å². The number of aromatic nitrogens is 4. The Bertz CT molecular complexity index is 1740. The van der Waals surface area contributed by atoms with Gasteiger partial charge in [-0.25, -0.2) is 4.98 Å². The second-order valence-electron chi connectivity index (χ2n) is 7.76. The van der Waals surface area contributed by atoms with Crippen molar-refractivity contribution < 1.29 is 0 Å². The van der Waals surface area contributed by atoms with Gasteiger partial charge in [-0.3, -0.25) is 15.0 Å². The van der Waals surface area contributed by atoms with Gasteiger partial charge in [0.1, 0.15) is 10.7 Å². The molecule has 4 nitrogen and oxygen atoms in total. The first-order valence-corrected chi connectivity index (χ1v) is 11.9. The van der Waals surface area contributed by atoms with E-state index in [0.717, 1.165) is 27.4 Å². The summed E-state index contributed by atoms with van der Waals surface area (Å²) in [6.45, 7) is 3.98. The van der Waals surface area contributed by atoms with Crippen molar-refractivity contribution in [1.29, 1.82) is 0 Å². The number of nitrogens with zero attached hydrogens (tertiary/aromatic N) is 4. The van der Waals surface area contributed by atoms with E-state index >= 15 is 0 Å². The standard InChI is InChI=1S/C13H6Cl4N2.C13H10N2.K/c1-5-7-9(15)10(16)13(17)19-12(7)11-6(8(5)14)3-2-4-18-11;1-9-8-10-4-2-6-14-12(10)13-11(9)5-3-7-15-13;/h2-4H,1H3;2-8H,1H3;. The SMILES string of the molecule is Cc1c(Cl)c2cccnc2c2nc(Cl)c(Cl)c(Cl)c12.Cc1cc2cccnc2c2ncccc12.[K]. The van der Waals surface area contributed by atoms with E-state index in [1.807, 2.05) is 43.6 Å². The van der Waals surface area contributed by atoms with Crippen LogP contribution in [0.3, 0.4) is 0 Å². The molecule has 0 N–H and O–H groups in total. The van der Waals surface area contributed by atoms with Gasteiger partial charge >= 0.3 is 0 Å². The summed E-state index contributed by atoms with van der Waals surface area (Å²) < 4.78 is 0. The van der Waals surface area contributed by atoms with Crippen LogP contribution in [-0.4, -0.2) is 71.3 Å². The Hall–Kier alpha value is -1.12. The number of hydrogen-bond donors (Lipinski definition) is 0. The molecule has 0 atom stereocenters. The Morgan fingerprint density at radius 1 is 0.629 bits per heavy atom. The van der Waals surface area contributed by atoms with Crippen LogP contribution in [-0.2, 0) is 0 Å². The zero-order chi connectivity index (χ0) is 24.0. The molecule has 6 rings (SSSR count). The zero-order valence-corrected chi connectivity index (χ0v) is 25.2. The smallest absolute Gasteiger partial charge is 0.149 e. The summed E-state index contributed by atoms with van der Waals surface area (Å²) in [5.74, 6) is 0. The van der Waals surface area contributed by atoms with Crippen molar-refractivity contribution in [3.05, 3.63) is 92.4 Å². The molecule has 0 aliphatic rings. The molecule has 4 aromatic heterocycles. The topological polar surface area (TPSA) is 51.6 Å². The summed E-state index contributed by atoms with van der Waals surface area (Å²) in [6, 6.07) is 13.9. The third-order valence-electron chi connectivity index (χ3n) is 5.68. The van der Waals surface area contributed by atoms with Gasteiger partial charge in [0.05, 0.1) is 31.6 Å². The minimum absolute atomic E-state index is 0. The summed E-state index contributed by atoms with van der Waals surface area (Å²) in [5.41, 5.74) is 5.31. The Morgan fingerprint density at radius 2 is 1.20 bits per heavy atom. The summed E-state index contributed by atoms with van der Waals surface area (Å²) in [4.78, 5) is 17.4. The van der Waals surface area contributed by atoms with Gasteiger partial charge in [-0.05, 0) is 55.3 Å². The number of benzene rings is 2. The second kappa shape index (κ2) is 11.1. The predicted molar refractivity (Wildman–Crippen MR) is 149 cm³/mol. The molecule has 9 heteroatoms. The largest absolute Gasteiger partial charge is 0.254 e. The van der Waals surface area contributed by atoms with E-state index in [1.54, 1.807) is 6.20 Å². The fraction of sp³-hybridized carbons (Fsp3) is 0.0769. The van der Waals surface area contributed by atoms with E-state index in [9.17, 15) is 0 Å². The summed E-state index contributed by atoms with van der Waals surface area (Å²) in [6.07, 6.45) is 5.30. The van der Waals surface area contributed by atoms with Crippen LogP contribution in [0.4, 0.5) is 0 Å². The molecule has 35 heavy (non-hydrogen) atoms. The van der Waals surface area contributed by atoms with E-state index < -0.39 is 0 Å². The van der Waals surface area contributed by atoms with Gasteiger partial charge in [0.15, 0.2) is 0 Å². The molecule has 6 aromatic rings. The Morgan fingerprint density at radius 3 is 1.89 bits per heavy atom. The first kappa shape index (κ1) is 26.9. The van der Waals surface area contributed by atoms with E-state index in [4.69, 9.17) is 46.4 Å². The Kier molecular flexibility index (Phi) is 8.53. The Labute approximate surface area is 264 Å². The van der Waals surface area contributed by atoms with Crippen LogP contribution in [0.5, 0.6) is 0 Å². The maximum absolute atomic E-state index is 6.37. The normalized spacial score (nSPS) is 10.9. The fourth-order valence-corrected chi connectivity index (χ4v) is 4.99. The van der Waals surface area contributed by atoms with Gasteiger partial charge in [0.2, 0.25) is 0 Å². The van der Waals surface area contributed by atoms with Crippen LogP contribution < -0.4 is 0 Å². The monoisotopic (exact) mass is 563 g/mol. The second-order valence-corrected chi connectivity index (χ2v) is 9.25. The molecule has 0 unspecified atom stereocenters. The quantitative estimate of drug-likeness (QED) is 0.105. The predicted octanol–water partition coefficient (Wildman–Crippen LogP) is 8.42. The third-order valence-corrected chi connectivity index (χ3v) is 7.38. The van der Waals surface area contributed by atoms with Crippen molar-refractivity contribution in [2.75, 3.05) is 0 Å². The molecule has 2 aromatic carbocycles. The first-order valence-electron chi connectivity index (χ1n) is 10.3. The van der Waals surface area contributed by atoms with Gasteiger partial charge in [-0.1, -0.05) is 58.5 Å². The van der Waals surface area contributed by atoms with Crippen LogP contribution in [0.25, 0.3) is 43.6 Å². The average Bonchev–Trinajstić information content (AvgIpc) is 2.86. The van der Waals surface area contributed by atoms with E-state index in [1.165, 1.54) is 10.9 Å². The van der Waals surface area contributed by atoms with Gasteiger partial charge < -0.3 is 0 Å². The molecule has 0 saturated heterocycles. The van der Waals surface area contributed by atoms with Crippen LogP contribution in [0, 0.1) is 13.8 Å². The molecule has 0 aliphatic carbocycles. The summed E-state index contributed by atoms with van der Waals surface area (Å²) >= 11 is 24.7. The van der Waals surface area contributed by atoms with Crippen LogP contribution in [0.15, 0.2) is 61.1 Å². The first-order chi connectivity index (χ1) is 16.4. The summed E-state index contributed by atoms with van der Waals surface area (Å²) in [5, 5.41) is 5.17. The molecule has 0 spiro atoms. The number of rotatable bonds is 0. The van der Waals surface area contributed by atoms with Gasteiger partial charge in [-0.15, -0.1) is 0 Å². The van der Waals surface area contributed by atoms with Crippen molar-refractivity contribution >= 4 is 141 Å². The number of fused-ring (bicyclic) bond motifs is 6. The molecule has 0 aliphatic heterocycles. The fourth-order valence-electron chi connectivity index (χ4n) is 4.06. The minimum atomic E-state index is 0. The maximum Gasteiger partial charge on any atom is 0.149 e. The van der Waals surface area contributed by atoms with Crippen molar-refractivity contribution in [1.82, 2.24) is 19.9 Å². The molecule has 0 fully saturated rings. The van der Waals surface area contributed by atoms with E-state index in [0.29, 0.717) is 26.5 Å². The van der Waals surface area contributed by atoms with Crippen LogP contribution in [0.2, 0.25) is 20.2 Å². The minimum Gasteiger partial charge on any atom is -0.254 e. The molecule has 0 bridgehead atoms. The number of hydrogen-bond acceptors (Lipinski definition) is 4. The average molecular weight is 565 g/mol. The Balaban J connectivity index is 0.000000164. The number of halogens is 4. The molecule has 4 heterocycles.